The Balaban J connectivity index is 1.86. The van der Waals surface area contributed by atoms with Gasteiger partial charge in [-0.15, -0.1) is 0 Å². The van der Waals surface area contributed by atoms with E-state index in [0.29, 0.717) is 13.1 Å². The van der Waals surface area contributed by atoms with Crippen LogP contribution in [-0.2, 0) is 13.1 Å². The summed E-state index contributed by atoms with van der Waals surface area (Å²) in [4.78, 5) is 5.91. The van der Waals surface area contributed by atoms with Gasteiger partial charge in [0.1, 0.15) is 23.9 Å². The third-order valence-electron chi connectivity index (χ3n) is 4.54. The lowest BCUT2D eigenvalue weighted by Crippen LogP contribution is -2.24. The van der Waals surface area contributed by atoms with E-state index in [-0.39, 0.29) is 11.6 Å². The lowest BCUT2D eigenvalue weighted by molar-refractivity contribution is 0.0815. The van der Waals surface area contributed by atoms with Crippen molar-refractivity contribution in [2.75, 3.05) is 25.7 Å². The highest BCUT2D eigenvalue weighted by molar-refractivity contribution is 5.45. The van der Waals surface area contributed by atoms with Crippen molar-refractivity contribution in [1.82, 2.24) is 4.98 Å². The standard InChI is InChI=1S/C23H23F3N2O3/c1-29-18-7-3-16(4-8-18)13-28(14-17-5-9-19(30-2)10-6-17)23-21(24)11-20(12-27-23)31-15-22(25)26/h3-12,22H,13-15H2,1-2H3. The SMILES string of the molecule is COc1ccc(CN(Cc2ccc(OC)cc2)c2ncc(OCC(F)F)cc2F)cc1. The van der Waals surface area contributed by atoms with Crippen molar-refractivity contribution < 1.29 is 27.4 Å². The van der Waals surface area contributed by atoms with Crippen LogP contribution in [0.3, 0.4) is 0 Å². The van der Waals surface area contributed by atoms with E-state index in [4.69, 9.17) is 14.2 Å². The summed E-state index contributed by atoms with van der Waals surface area (Å²) in [5.74, 6) is 0.825. The van der Waals surface area contributed by atoms with Gasteiger partial charge in [-0.2, -0.15) is 0 Å². The molecule has 0 fully saturated rings. The summed E-state index contributed by atoms with van der Waals surface area (Å²) in [7, 11) is 3.17. The fourth-order valence-corrected chi connectivity index (χ4v) is 2.99. The van der Waals surface area contributed by atoms with Crippen molar-refractivity contribution in [3.8, 4) is 17.2 Å². The lowest BCUT2D eigenvalue weighted by Gasteiger charge is -2.25. The predicted octanol–water partition coefficient (Wildman–Crippen LogP) is 5.09. The van der Waals surface area contributed by atoms with Gasteiger partial charge in [0, 0.05) is 19.2 Å². The van der Waals surface area contributed by atoms with Gasteiger partial charge in [0.15, 0.2) is 11.6 Å². The molecule has 0 aliphatic rings. The first-order chi connectivity index (χ1) is 15.0. The van der Waals surface area contributed by atoms with E-state index < -0.39 is 18.8 Å². The molecule has 1 aromatic heterocycles. The maximum Gasteiger partial charge on any atom is 0.272 e. The molecule has 0 unspecified atom stereocenters. The highest BCUT2D eigenvalue weighted by Gasteiger charge is 2.17. The van der Waals surface area contributed by atoms with Crippen molar-refractivity contribution in [2.45, 2.75) is 19.5 Å². The molecule has 3 aromatic rings. The summed E-state index contributed by atoms with van der Waals surface area (Å²) in [6.45, 7) is -0.0732. The molecule has 0 amide bonds. The summed E-state index contributed by atoms with van der Waals surface area (Å²) in [6, 6.07) is 15.9. The molecule has 1 heterocycles. The Morgan fingerprint density at radius 3 is 1.77 bits per heavy atom. The molecule has 0 aliphatic heterocycles. The number of hydrogen-bond donors (Lipinski definition) is 0. The van der Waals surface area contributed by atoms with Crippen LogP contribution in [-0.4, -0.2) is 32.2 Å². The first kappa shape index (κ1) is 22.3. The van der Waals surface area contributed by atoms with Gasteiger partial charge in [0.2, 0.25) is 0 Å². The first-order valence-electron chi connectivity index (χ1n) is 9.55. The topological polar surface area (TPSA) is 43.8 Å². The number of ether oxygens (including phenoxy) is 3. The molecule has 5 nitrogen and oxygen atoms in total. The molecule has 8 heteroatoms. The fraction of sp³-hybridized carbons (Fsp3) is 0.261. The Bertz CT molecular complexity index is 917. The first-order valence-corrected chi connectivity index (χ1v) is 9.55. The van der Waals surface area contributed by atoms with Gasteiger partial charge in [-0.1, -0.05) is 24.3 Å². The summed E-state index contributed by atoms with van der Waals surface area (Å²) in [6.07, 6.45) is -1.40. The Kier molecular flexibility index (Phi) is 7.59. The molecular formula is C23H23F3N2O3. The quantitative estimate of drug-likeness (QED) is 0.447. The second-order valence-electron chi connectivity index (χ2n) is 6.73. The average molecular weight is 432 g/mol. The number of methoxy groups -OCH3 is 2. The second-order valence-corrected chi connectivity index (χ2v) is 6.73. The monoisotopic (exact) mass is 432 g/mol. The van der Waals surface area contributed by atoms with Crippen LogP contribution in [0.25, 0.3) is 0 Å². The van der Waals surface area contributed by atoms with E-state index in [1.807, 2.05) is 48.5 Å². The summed E-state index contributed by atoms with van der Waals surface area (Å²) in [5.41, 5.74) is 1.85. The Hall–Kier alpha value is -3.42. The number of aromatic nitrogens is 1. The van der Waals surface area contributed by atoms with Crippen molar-refractivity contribution in [3.63, 3.8) is 0 Å². The van der Waals surface area contributed by atoms with Crippen LogP contribution < -0.4 is 19.1 Å². The minimum Gasteiger partial charge on any atom is -0.497 e. The molecule has 164 valence electrons. The Labute approximate surface area is 179 Å². The zero-order valence-electron chi connectivity index (χ0n) is 17.2. The maximum atomic E-state index is 14.9. The van der Waals surface area contributed by atoms with Crippen molar-refractivity contribution in [1.29, 1.82) is 0 Å². The van der Waals surface area contributed by atoms with E-state index in [9.17, 15) is 13.2 Å². The highest BCUT2D eigenvalue weighted by Crippen LogP contribution is 2.26. The van der Waals surface area contributed by atoms with Crippen molar-refractivity contribution in [3.05, 3.63) is 77.7 Å². The van der Waals surface area contributed by atoms with Gasteiger partial charge >= 0.3 is 0 Å². The van der Waals surface area contributed by atoms with Crippen LogP contribution in [0.15, 0.2) is 60.8 Å². The molecule has 0 bridgehead atoms. The van der Waals surface area contributed by atoms with Crippen molar-refractivity contribution >= 4 is 5.82 Å². The van der Waals surface area contributed by atoms with Crippen LogP contribution in [0.1, 0.15) is 11.1 Å². The van der Waals surface area contributed by atoms with Crippen LogP contribution in [0.4, 0.5) is 19.0 Å². The van der Waals surface area contributed by atoms with E-state index >= 15 is 0 Å². The van der Waals surface area contributed by atoms with Crippen LogP contribution in [0.5, 0.6) is 17.2 Å². The molecule has 0 spiro atoms. The van der Waals surface area contributed by atoms with E-state index in [1.54, 1.807) is 19.1 Å². The van der Waals surface area contributed by atoms with Gasteiger partial charge < -0.3 is 19.1 Å². The molecule has 2 aromatic carbocycles. The number of nitrogens with zero attached hydrogens (tertiary/aromatic N) is 2. The average Bonchev–Trinajstić information content (AvgIpc) is 2.78. The van der Waals surface area contributed by atoms with Gasteiger partial charge in [0.05, 0.1) is 20.4 Å². The second kappa shape index (κ2) is 10.6. The molecule has 0 saturated carbocycles. The van der Waals surface area contributed by atoms with E-state index in [0.717, 1.165) is 28.7 Å². The normalized spacial score (nSPS) is 10.8. The third kappa shape index (κ3) is 6.28. The minimum atomic E-state index is -2.65. The molecule has 0 radical (unpaired) electrons. The minimum absolute atomic E-state index is 0.0459. The van der Waals surface area contributed by atoms with Gasteiger partial charge in [-0.05, 0) is 35.4 Å². The van der Waals surface area contributed by atoms with Gasteiger partial charge in [-0.3, -0.25) is 0 Å². The largest absolute Gasteiger partial charge is 0.497 e. The summed E-state index contributed by atoms with van der Waals surface area (Å²) >= 11 is 0. The number of anilines is 1. The number of pyridine rings is 1. The Morgan fingerprint density at radius 1 is 0.839 bits per heavy atom. The molecule has 3 rings (SSSR count). The summed E-state index contributed by atoms with van der Waals surface area (Å²) in [5, 5.41) is 0. The molecular weight excluding hydrogens is 409 g/mol. The zero-order valence-corrected chi connectivity index (χ0v) is 17.2. The van der Waals surface area contributed by atoms with Gasteiger partial charge in [0.25, 0.3) is 6.43 Å². The Morgan fingerprint density at radius 2 is 1.35 bits per heavy atom. The van der Waals surface area contributed by atoms with Gasteiger partial charge in [-0.25, -0.2) is 18.2 Å². The van der Waals surface area contributed by atoms with E-state index in [2.05, 4.69) is 4.98 Å². The smallest absolute Gasteiger partial charge is 0.272 e. The third-order valence-corrected chi connectivity index (χ3v) is 4.54. The van der Waals surface area contributed by atoms with E-state index in [1.165, 1.54) is 6.20 Å². The highest BCUT2D eigenvalue weighted by atomic mass is 19.3. The number of halogens is 3. The number of alkyl halides is 2. The molecule has 0 N–H and O–H groups in total. The molecule has 0 atom stereocenters. The van der Waals surface area contributed by atoms with Crippen LogP contribution in [0, 0.1) is 5.82 Å². The lowest BCUT2D eigenvalue weighted by atomic mass is 10.1. The zero-order chi connectivity index (χ0) is 22.2. The van der Waals surface area contributed by atoms with Crippen LogP contribution >= 0.6 is 0 Å². The fourth-order valence-electron chi connectivity index (χ4n) is 2.99. The van der Waals surface area contributed by atoms with Crippen LogP contribution in [0.2, 0.25) is 0 Å². The van der Waals surface area contributed by atoms with Crippen molar-refractivity contribution in [2.24, 2.45) is 0 Å². The molecule has 0 aliphatic carbocycles. The predicted molar refractivity (Wildman–Crippen MR) is 112 cm³/mol. The molecule has 31 heavy (non-hydrogen) atoms. The number of benzene rings is 2. The summed E-state index contributed by atoms with van der Waals surface area (Å²) < 4.78 is 54.8. The number of hydrogen-bond acceptors (Lipinski definition) is 5. The number of rotatable bonds is 10. The molecule has 0 saturated heterocycles. The maximum absolute atomic E-state index is 14.9.